The van der Waals surface area contributed by atoms with Gasteiger partial charge in [-0.15, -0.1) is 0 Å². The Labute approximate surface area is 302 Å². The largest absolute Gasteiger partial charge is 0.382 e. The first kappa shape index (κ1) is 44.2. The number of hydrogen-bond donors (Lipinski definition) is 2. The van der Waals surface area contributed by atoms with Crippen molar-refractivity contribution in [1.29, 1.82) is 0 Å². The van der Waals surface area contributed by atoms with E-state index in [0.717, 1.165) is 9.13 Å². The van der Waals surface area contributed by atoms with Crippen molar-refractivity contribution in [3.05, 3.63) is 65.2 Å². The Morgan fingerprint density at radius 1 is 0.538 bits per heavy atom. The number of nitrogens with zero attached hydrogens (tertiary/aromatic N) is 4. The molecular weight excluding hydrogens is 684 g/mol. The molecule has 0 radical (unpaired) electrons. The third-order valence-corrected chi connectivity index (χ3v) is 7.73. The van der Waals surface area contributed by atoms with E-state index in [4.69, 9.17) is 28.4 Å². The van der Waals surface area contributed by atoms with Crippen molar-refractivity contribution in [3.8, 4) is 0 Å². The van der Waals surface area contributed by atoms with Crippen LogP contribution in [0, 0.1) is 13.8 Å². The maximum absolute atomic E-state index is 13.1. The Morgan fingerprint density at radius 2 is 0.885 bits per heavy atom. The first-order chi connectivity index (χ1) is 25.1. The van der Waals surface area contributed by atoms with Gasteiger partial charge < -0.3 is 39.1 Å². The van der Waals surface area contributed by atoms with Gasteiger partial charge in [-0.3, -0.25) is 37.4 Å². The molecule has 0 aliphatic carbocycles. The number of ether oxygens (including phenoxy) is 6. The van der Waals surface area contributed by atoms with Crippen LogP contribution in [0.25, 0.3) is 0 Å². The number of carbonyl (C=O) groups is 2. The van der Waals surface area contributed by atoms with E-state index < -0.39 is 22.5 Å². The van der Waals surface area contributed by atoms with Gasteiger partial charge in [-0.25, -0.2) is 9.59 Å². The van der Waals surface area contributed by atoms with E-state index >= 15 is 0 Å². The highest BCUT2D eigenvalue weighted by atomic mass is 16.5. The third kappa shape index (κ3) is 16.6. The highest BCUT2D eigenvalue weighted by Crippen LogP contribution is 1.98. The summed E-state index contributed by atoms with van der Waals surface area (Å²) in [4.78, 5) is 76.5. The molecule has 2 heterocycles. The Kier molecular flexibility index (Phi) is 22.0. The average molecular weight is 741 g/mol. The van der Waals surface area contributed by atoms with E-state index in [1.54, 1.807) is 28.1 Å². The molecule has 2 amide bonds. The van der Waals surface area contributed by atoms with Crippen molar-refractivity contribution < 1.29 is 38.0 Å². The van der Waals surface area contributed by atoms with Crippen LogP contribution in [0.1, 0.15) is 36.8 Å². The third-order valence-electron chi connectivity index (χ3n) is 7.73. The minimum Gasteiger partial charge on any atom is -0.382 e. The summed E-state index contributed by atoms with van der Waals surface area (Å²) < 4.78 is 36.1. The van der Waals surface area contributed by atoms with E-state index in [1.165, 1.54) is 21.5 Å². The van der Waals surface area contributed by atoms with Gasteiger partial charge >= 0.3 is 11.4 Å². The summed E-state index contributed by atoms with van der Waals surface area (Å²) in [6.45, 7) is 8.32. The molecule has 0 saturated carbocycles. The smallest absolute Gasteiger partial charge is 0.330 e. The van der Waals surface area contributed by atoms with Crippen LogP contribution in [-0.2, 0) is 64.2 Å². The molecule has 52 heavy (non-hydrogen) atoms. The number of amides is 2. The molecule has 0 atom stereocenters. The van der Waals surface area contributed by atoms with Gasteiger partial charge in [-0.1, -0.05) is 0 Å². The SMILES string of the molecule is COCCOCCOCCNC(=O)CCn1cc(C)c(=O)n(CCCCn2c(=O)c(C)cn(CCC(=O)NCCOCCOCCOC)c2=O)c1=O. The van der Waals surface area contributed by atoms with Crippen LogP contribution >= 0.6 is 0 Å². The molecule has 294 valence electrons. The van der Waals surface area contributed by atoms with Crippen molar-refractivity contribution >= 4 is 11.8 Å². The molecule has 0 aromatic carbocycles. The summed E-state index contributed by atoms with van der Waals surface area (Å²) in [6, 6.07) is 0. The predicted molar refractivity (Wildman–Crippen MR) is 191 cm³/mol. The zero-order valence-corrected chi connectivity index (χ0v) is 31.0. The Balaban J connectivity index is 1.82. The monoisotopic (exact) mass is 740 g/mol. The fourth-order valence-corrected chi connectivity index (χ4v) is 4.93. The second kappa shape index (κ2) is 25.9. The first-order valence-electron chi connectivity index (χ1n) is 17.5. The summed E-state index contributed by atoms with van der Waals surface area (Å²) >= 11 is 0. The van der Waals surface area contributed by atoms with E-state index in [0.29, 0.717) is 103 Å². The Morgan fingerprint density at radius 3 is 1.25 bits per heavy atom. The quantitative estimate of drug-likeness (QED) is 0.0946. The standard InChI is InChI=1S/C34H56N6O12/c1-27-25-37(13-7-29(41)35-9-15-49-21-23-51-19-17-47-3)33(45)39(31(27)43)11-5-6-12-40-32(44)28(2)26-38(34(40)46)14-8-30(42)36-10-16-50-22-24-52-20-18-48-4/h25-26H,5-24H2,1-4H3,(H,35,41)(H,36,42). The molecule has 0 bridgehead atoms. The molecule has 2 N–H and O–H groups in total. The van der Waals surface area contributed by atoms with Gasteiger partial charge in [0.2, 0.25) is 11.8 Å². The zero-order chi connectivity index (χ0) is 38.1. The van der Waals surface area contributed by atoms with Crippen molar-refractivity contribution in [1.82, 2.24) is 28.9 Å². The number of nitrogens with one attached hydrogen (secondary N) is 2. The summed E-state index contributed by atoms with van der Waals surface area (Å²) in [7, 11) is 3.19. The van der Waals surface area contributed by atoms with Crippen molar-refractivity contribution in [2.45, 2.75) is 65.7 Å². The van der Waals surface area contributed by atoms with Crippen molar-refractivity contribution in [2.75, 3.05) is 93.4 Å². The van der Waals surface area contributed by atoms with E-state index in [-0.39, 0.29) is 50.8 Å². The fraction of sp³-hybridized carbons (Fsp3) is 0.706. The molecule has 2 aromatic heterocycles. The second-order valence-electron chi connectivity index (χ2n) is 11.8. The first-order valence-corrected chi connectivity index (χ1v) is 17.5. The molecule has 0 spiro atoms. The molecule has 18 heteroatoms. The van der Waals surface area contributed by atoms with Gasteiger partial charge in [-0.05, 0) is 26.7 Å². The van der Waals surface area contributed by atoms with Crippen LogP contribution in [0.2, 0.25) is 0 Å². The van der Waals surface area contributed by atoms with Crippen molar-refractivity contribution in [2.24, 2.45) is 0 Å². The molecule has 18 nitrogen and oxygen atoms in total. The highest BCUT2D eigenvalue weighted by Gasteiger charge is 2.13. The number of aryl methyl sites for hydroxylation is 4. The number of rotatable bonds is 29. The van der Waals surface area contributed by atoms with Crippen LogP contribution in [0.5, 0.6) is 0 Å². The Bertz CT molecular complexity index is 1480. The Hall–Kier alpha value is -3.94. The van der Waals surface area contributed by atoms with E-state index in [9.17, 15) is 28.8 Å². The lowest BCUT2D eigenvalue weighted by Crippen LogP contribution is -2.42. The average Bonchev–Trinajstić information content (AvgIpc) is 3.12. The molecule has 2 aromatic rings. The summed E-state index contributed by atoms with van der Waals surface area (Å²) in [5.41, 5.74) is -1.29. The maximum atomic E-state index is 13.1. The van der Waals surface area contributed by atoms with Gasteiger partial charge in [0.25, 0.3) is 11.1 Å². The number of hydrogen-bond acceptors (Lipinski definition) is 12. The molecule has 0 aliphatic rings. The molecule has 2 rings (SSSR count). The molecule has 0 saturated heterocycles. The number of carbonyl (C=O) groups excluding carboxylic acids is 2. The number of unbranched alkanes of at least 4 members (excludes halogenated alkanes) is 1. The molecule has 0 unspecified atom stereocenters. The van der Waals surface area contributed by atoms with Crippen LogP contribution in [0.3, 0.4) is 0 Å². The summed E-state index contributed by atoms with van der Waals surface area (Å²) in [5.74, 6) is -0.531. The number of methoxy groups -OCH3 is 2. The summed E-state index contributed by atoms with van der Waals surface area (Å²) in [5, 5.41) is 5.48. The summed E-state index contributed by atoms with van der Waals surface area (Å²) in [6.07, 6.45) is 3.60. The lowest BCUT2D eigenvalue weighted by atomic mass is 10.2. The lowest BCUT2D eigenvalue weighted by Gasteiger charge is -2.13. The molecular formula is C34H56N6O12. The van der Waals surface area contributed by atoms with E-state index in [1.807, 2.05) is 0 Å². The van der Waals surface area contributed by atoms with Gasteiger partial charge in [-0.2, -0.15) is 0 Å². The van der Waals surface area contributed by atoms with Crippen molar-refractivity contribution in [3.63, 3.8) is 0 Å². The van der Waals surface area contributed by atoms with Crippen LogP contribution in [-0.4, -0.2) is 123 Å². The lowest BCUT2D eigenvalue weighted by molar-refractivity contribution is -0.122. The van der Waals surface area contributed by atoms with Crippen LogP contribution < -0.4 is 33.1 Å². The van der Waals surface area contributed by atoms with Crippen LogP contribution in [0.4, 0.5) is 0 Å². The number of aromatic nitrogens is 4. The van der Waals surface area contributed by atoms with Gasteiger partial charge in [0.05, 0.1) is 66.1 Å². The topological polar surface area (TPSA) is 202 Å². The maximum Gasteiger partial charge on any atom is 0.330 e. The highest BCUT2D eigenvalue weighted by molar-refractivity contribution is 5.76. The minimum absolute atomic E-state index is 0.0299. The molecule has 0 fully saturated rings. The van der Waals surface area contributed by atoms with Gasteiger partial charge in [0, 0.05) is 89.9 Å². The second-order valence-corrected chi connectivity index (χ2v) is 11.8. The van der Waals surface area contributed by atoms with Gasteiger partial charge in [0.15, 0.2) is 0 Å². The van der Waals surface area contributed by atoms with Gasteiger partial charge in [0.1, 0.15) is 0 Å². The zero-order valence-electron chi connectivity index (χ0n) is 31.0. The van der Waals surface area contributed by atoms with Crippen LogP contribution in [0.15, 0.2) is 31.6 Å². The van der Waals surface area contributed by atoms with E-state index in [2.05, 4.69) is 10.6 Å². The minimum atomic E-state index is -0.549. The molecule has 0 aliphatic heterocycles. The predicted octanol–water partition coefficient (Wildman–Crippen LogP) is -1.20. The fourth-order valence-electron chi connectivity index (χ4n) is 4.93. The normalized spacial score (nSPS) is 11.2.